The molecule has 0 aromatic carbocycles. The Balaban J connectivity index is 2.04. The molecule has 1 aromatic rings. The second kappa shape index (κ2) is 4.84. The van der Waals surface area contributed by atoms with Gasteiger partial charge in [-0.05, 0) is 30.9 Å². The van der Waals surface area contributed by atoms with Crippen LogP contribution in [0, 0.1) is 0 Å². The topological polar surface area (TPSA) is 37.8 Å². The second-order valence-electron chi connectivity index (χ2n) is 3.84. The van der Waals surface area contributed by atoms with Gasteiger partial charge >= 0.3 is 0 Å². The van der Waals surface area contributed by atoms with Crippen LogP contribution < -0.4 is 5.32 Å². The molecular weight excluding hydrogens is 194 g/mol. The number of nitrogens with one attached hydrogen (secondary N) is 1. The van der Waals surface area contributed by atoms with Gasteiger partial charge in [0, 0.05) is 12.5 Å². The summed E-state index contributed by atoms with van der Waals surface area (Å²) in [6.07, 6.45) is 5.35. The highest BCUT2D eigenvalue weighted by Gasteiger charge is 2.22. The van der Waals surface area contributed by atoms with E-state index >= 15 is 0 Å². The van der Waals surface area contributed by atoms with Gasteiger partial charge in [-0.2, -0.15) is 0 Å². The van der Waals surface area contributed by atoms with Crippen molar-refractivity contribution in [2.24, 2.45) is 0 Å². The first kappa shape index (κ1) is 10.1. The molecule has 0 saturated heterocycles. The van der Waals surface area contributed by atoms with Gasteiger partial charge in [-0.25, -0.2) is 0 Å². The molecule has 1 aromatic heterocycles. The van der Waals surface area contributed by atoms with Gasteiger partial charge in [-0.1, -0.05) is 24.3 Å². The third kappa shape index (κ3) is 2.12. The molecule has 0 spiro atoms. The van der Waals surface area contributed by atoms with Crippen LogP contribution in [-0.4, -0.2) is 16.1 Å². The van der Waals surface area contributed by atoms with Crippen LogP contribution in [0.3, 0.4) is 0 Å². The van der Waals surface area contributed by atoms with Gasteiger partial charge in [0.2, 0.25) is 0 Å². The molecule has 0 aliphatic heterocycles. The van der Waals surface area contributed by atoms with Crippen molar-refractivity contribution in [3.8, 4) is 0 Å². The second-order valence-corrected chi connectivity index (χ2v) is 4.68. The smallest absolute Gasteiger partial charge is 0.0831 e. The Morgan fingerprint density at radius 3 is 2.93 bits per heavy atom. The lowest BCUT2D eigenvalue weighted by molar-refractivity contribution is 0.664. The molecule has 1 aliphatic carbocycles. The summed E-state index contributed by atoms with van der Waals surface area (Å²) in [6.45, 7) is 4.09. The molecule has 1 heterocycles. The normalized spacial score (nSPS) is 17.8. The summed E-state index contributed by atoms with van der Waals surface area (Å²) in [5, 5.41) is 7.62. The highest BCUT2D eigenvalue weighted by molar-refractivity contribution is 7.05. The third-order valence-electron chi connectivity index (χ3n) is 2.86. The fourth-order valence-corrected chi connectivity index (χ4v) is 2.78. The fraction of sp³-hybridized carbons (Fsp3) is 0.800. The lowest BCUT2D eigenvalue weighted by Crippen LogP contribution is -2.12. The summed E-state index contributed by atoms with van der Waals surface area (Å²) >= 11 is 1.55. The molecule has 78 valence electrons. The summed E-state index contributed by atoms with van der Waals surface area (Å²) in [6, 6.07) is 0. The maximum Gasteiger partial charge on any atom is 0.0831 e. The van der Waals surface area contributed by atoms with E-state index in [9.17, 15) is 0 Å². The summed E-state index contributed by atoms with van der Waals surface area (Å²) in [5.41, 5.74) is 1.27. The van der Waals surface area contributed by atoms with Crippen LogP contribution in [-0.2, 0) is 6.54 Å². The minimum absolute atomic E-state index is 0.697. The van der Waals surface area contributed by atoms with E-state index < -0.39 is 0 Å². The zero-order valence-corrected chi connectivity index (χ0v) is 9.44. The maximum absolute atomic E-state index is 4.28. The molecular formula is C10H17N3S. The lowest BCUT2D eigenvalue weighted by atomic mass is 10.0. The largest absolute Gasteiger partial charge is 0.312 e. The number of hydrogen-bond acceptors (Lipinski definition) is 4. The molecule has 0 radical (unpaired) electrons. The molecule has 3 nitrogen and oxygen atoms in total. The first-order valence-corrected chi connectivity index (χ1v) is 6.21. The van der Waals surface area contributed by atoms with Gasteiger partial charge in [0.05, 0.1) is 10.6 Å². The van der Waals surface area contributed by atoms with Gasteiger partial charge in [-0.15, -0.1) is 5.10 Å². The predicted octanol–water partition coefficient (Wildman–Crippen LogP) is 2.31. The quantitative estimate of drug-likeness (QED) is 0.830. The van der Waals surface area contributed by atoms with Crippen molar-refractivity contribution in [1.82, 2.24) is 14.9 Å². The highest BCUT2D eigenvalue weighted by atomic mass is 32.1. The molecule has 2 rings (SSSR count). The van der Waals surface area contributed by atoms with Crippen LogP contribution >= 0.6 is 11.5 Å². The number of aromatic nitrogens is 2. The summed E-state index contributed by atoms with van der Waals surface area (Å²) < 4.78 is 4.07. The Hall–Kier alpha value is -0.480. The van der Waals surface area contributed by atoms with Gasteiger partial charge in [0.1, 0.15) is 0 Å². The molecule has 14 heavy (non-hydrogen) atoms. The van der Waals surface area contributed by atoms with Crippen LogP contribution in [0.4, 0.5) is 0 Å². The zero-order chi connectivity index (χ0) is 9.80. The molecule has 4 heteroatoms. The minimum Gasteiger partial charge on any atom is -0.312 e. The Morgan fingerprint density at radius 2 is 2.21 bits per heavy atom. The van der Waals surface area contributed by atoms with E-state index in [2.05, 4.69) is 21.8 Å². The van der Waals surface area contributed by atoms with Crippen molar-refractivity contribution in [2.45, 2.75) is 45.1 Å². The average Bonchev–Trinajstić information content (AvgIpc) is 2.84. The Morgan fingerprint density at radius 1 is 1.43 bits per heavy atom. The van der Waals surface area contributed by atoms with E-state index in [0.29, 0.717) is 5.92 Å². The highest BCUT2D eigenvalue weighted by Crippen LogP contribution is 2.35. The lowest BCUT2D eigenvalue weighted by Gasteiger charge is -2.07. The molecule has 0 amide bonds. The maximum atomic E-state index is 4.28. The number of rotatable bonds is 4. The van der Waals surface area contributed by atoms with Crippen LogP contribution in [0.5, 0.6) is 0 Å². The molecule has 1 saturated carbocycles. The zero-order valence-electron chi connectivity index (χ0n) is 8.62. The number of nitrogens with zero attached hydrogens (tertiary/aromatic N) is 2. The molecule has 1 N–H and O–H groups in total. The van der Waals surface area contributed by atoms with E-state index in [-0.39, 0.29) is 0 Å². The summed E-state index contributed by atoms with van der Waals surface area (Å²) in [4.78, 5) is 1.35. The third-order valence-corrected chi connectivity index (χ3v) is 3.60. The standard InChI is InChI=1S/C10H17N3S/c1-2-11-7-9-10(12-13-14-9)8-5-3-4-6-8/h8,11H,2-7H2,1H3. The van der Waals surface area contributed by atoms with Crippen molar-refractivity contribution >= 4 is 11.5 Å². The molecule has 0 unspecified atom stereocenters. The van der Waals surface area contributed by atoms with E-state index in [0.717, 1.165) is 13.1 Å². The van der Waals surface area contributed by atoms with E-state index in [4.69, 9.17) is 0 Å². The fourth-order valence-electron chi connectivity index (χ4n) is 2.09. The predicted molar refractivity (Wildman–Crippen MR) is 58.5 cm³/mol. The average molecular weight is 211 g/mol. The van der Waals surface area contributed by atoms with Crippen LogP contribution in [0.25, 0.3) is 0 Å². The molecule has 1 fully saturated rings. The van der Waals surface area contributed by atoms with Crippen molar-refractivity contribution in [2.75, 3.05) is 6.54 Å². The van der Waals surface area contributed by atoms with Crippen molar-refractivity contribution in [3.63, 3.8) is 0 Å². The van der Waals surface area contributed by atoms with E-state index in [1.165, 1.54) is 36.3 Å². The van der Waals surface area contributed by atoms with Gasteiger partial charge in [0.25, 0.3) is 0 Å². The Kier molecular flexibility index (Phi) is 3.48. The summed E-state index contributed by atoms with van der Waals surface area (Å²) in [5.74, 6) is 0.697. The molecule has 0 atom stereocenters. The van der Waals surface area contributed by atoms with Crippen molar-refractivity contribution < 1.29 is 0 Å². The monoisotopic (exact) mass is 211 g/mol. The Bertz CT molecular complexity index is 279. The van der Waals surface area contributed by atoms with Crippen LogP contribution in [0.2, 0.25) is 0 Å². The number of hydrogen-bond donors (Lipinski definition) is 1. The first-order valence-electron chi connectivity index (χ1n) is 5.43. The van der Waals surface area contributed by atoms with E-state index in [1.54, 1.807) is 11.5 Å². The SMILES string of the molecule is CCNCc1snnc1C1CCCC1. The van der Waals surface area contributed by atoms with Crippen LogP contribution in [0.1, 0.15) is 49.1 Å². The van der Waals surface area contributed by atoms with Crippen molar-refractivity contribution in [3.05, 3.63) is 10.6 Å². The summed E-state index contributed by atoms with van der Waals surface area (Å²) in [7, 11) is 0. The van der Waals surface area contributed by atoms with Crippen molar-refractivity contribution in [1.29, 1.82) is 0 Å². The van der Waals surface area contributed by atoms with Gasteiger partial charge in [0.15, 0.2) is 0 Å². The van der Waals surface area contributed by atoms with E-state index in [1.807, 2.05) is 0 Å². The van der Waals surface area contributed by atoms with Gasteiger partial charge in [-0.3, -0.25) is 0 Å². The molecule has 0 bridgehead atoms. The van der Waals surface area contributed by atoms with Gasteiger partial charge < -0.3 is 5.32 Å². The minimum atomic E-state index is 0.697. The first-order chi connectivity index (χ1) is 6.92. The van der Waals surface area contributed by atoms with Crippen LogP contribution in [0.15, 0.2) is 0 Å². The molecule has 1 aliphatic rings. The Labute approximate surface area is 89.1 Å².